The molecule has 1 aliphatic carbocycles. The largest absolute Gasteiger partial charge is 0.381 e. The highest BCUT2D eigenvalue weighted by molar-refractivity contribution is 5.57. The lowest BCUT2D eigenvalue weighted by Gasteiger charge is -2.14. The Morgan fingerprint density at radius 1 is 1.33 bits per heavy atom. The molecule has 1 aromatic rings. The molecule has 2 rings (SSSR count). The normalized spacial score (nSPS) is 16.3. The average Bonchev–Trinajstić information content (AvgIpc) is 2.73. The van der Waals surface area contributed by atoms with Gasteiger partial charge in [0, 0.05) is 6.04 Å². The Morgan fingerprint density at radius 3 is 2.73 bits per heavy atom. The van der Waals surface area contributed by atoms with Gasteiger partial charge >= 0.3 is 0 Å². The van der Waals surface area contributed by atoms with Gasteiger partial charge in [0.1, 0.15) is 11.9 Å². The number of hydrogen-bond acceptors (Lipinski definition) is 2. The van der Waals surface area contributed by atoms with Gasteiger partial charge in [0.05, 0.1) is 11.3 Å². The topological polar surface area (TPSA) is 35.8 Å². The van der Waals surface area contributed by atoms with Crippen molar-refractivity contribution >= 4 is 5.69 Å². The van der Waals surface area contributed by atoms with Gasteiger partial charge in [0.15, 0.2) is 0 Å². The number of anilines is 1. The molecule has 0 aliphatic heterocycles. The van der Waals surface area contributed by atoms with E-state index >= 15 is 0 Å². The zero-order valence-electron chi connectivity index (χ0n) is 8.46. The van der Waals surface area contributed by atoms with Gasteiger partial charge in [0.2, 0.25) is 0 Å². The van der Waals surface area contributed by atoms with Crippen molar-refractivity contribution in [2.45, 2.75) is 31.7 Å². The fourth-order valence-corrected chi connectivity index (χ4v) is 2.02. The lowest BCUT2D eigenvalue weighted by molar-refractivity contribution is 0.627. The maximum atomic E-state index is 12.9. The molecule has 0 aromatic heterocycles. The first-order chi connectivity index (χ1) is 7.29. The summed E-state index contributed by atoms with van der Waals surface area (Å²) >= 11 is 0. The third-order valence-corrected chi connectivity index (χ3v) is 2.82. The maximum absolute atomic E-state index is 12.9. The second kappa shape index (κ2) is 4.31. The van der Waals surface area contributed by atoms with Crippen LogP contribution in [0.4, 0.5) is 10.1 Å². The van der Waals surface area contributed by atoms with Crippen molar-refractivity contribution in [1.29, 1.82) is 5.26 Å². The second-order valence-corrected chi connectivity index (χ2v) is 3.93. The van der Waals surface area contributed by atoms with Crippen LogP contribution in [0.15, 0.2) is 18.2 Å². The summed E-state index contributed by atoms with van der Waals surface area (Å²) in [7, 11) is 0. The van der Waals surface area contributed by atoms with E-state index in [-0.39, 0.29) is 5.82 Å². The van der Waals surface area contributed by atoms with Crippen molar-refractivity contribution in [3.8, 4) is 6.07 Å². The predicted molar refractivity (Wildman–Crippen MR) is 57.0 cm³/mol. The first-order valence-electron chi connectivity index (χ1n) is 5.26. The molecule has 3 heteroatoms. The molecular formula is C12H13FN2. The van der Waals surface area contributed by atoms with Gasteiger partial charge < -0.3 is 5.32 Å². The van der Waals surface area contributed by atoms with Crippen molar-refractivity contribution < 1.29 is 4.39 Å². The van der Waals surface area contributed by atoms with E-state index in [1.807, 2.05) is 6.07 Å². The van der Waals surface area contributed by atoms with Gasteiger partial charge in [-0.05, 0) is 31.0 Å². The highest BCUT2D eigenvalue weighted by Gasteiger charge is 2.15. The molecule has 0 spiro atoms. The molecule has 0 unspecified atom stereocenters. The van der Waals surface area contributed by atoms with Crippen LogP contribution in [0.5, 0.6) is 0 Å². The van der Waals surface area contributed by atoms with Crippen LogP contribution in [0.2, 0.25) is 0 Å². The minimum Gasteiger partial charge on any atom is -0.381 e. The molecule has 78 valence electrons. The van der Waals surface area contributed by atoms with Gasteiger partial charge in [-0.25, -0.2) is 4.39 Å². The number of halogens is 1. The fourth-order valence-electron chi connectivity index (χ4n) is 2.02. The Balaban J connectivity index is 2.16. The number of nitriles is 1. The van der Waals surface area contributed by atoms with Crippen LogP contribution in [-0.2, 0) is 0 Å². The number of nitrogens with one attached hydrogen (secondary N) is 1. The molecule has 0 atom stereocenters. The van der Waals surface area contributed by atoms with E-state index in [1.165, 1.54) is 25.0 Å². The van der Waals surface area contributed by atoms with Crippen molar-refractivity contribution in [1.82, 2.24) is 0 Å². The van der Waals surface area contributed by atoms with Crippen LogP contribution in [0.3, 0.4) is 0 Å². The number of nitrogens with zero attached hydrogens (tertiary/aromatic N) is 1. The van der Waals surface area contributed by atoms with E-state index in [0.717, 1.165) is 18.5 Å². The smallest absolute Gasteiger partial charge is 0.124 e. The van der Waals surface area contributed by atoms with Crippen LogP contribution < -0.4 is 5.32 Å². The number of rotatable bonds is 2. The highest BCUT2D eigenvalue weighted by atomic mass is 19.1. The number of hydrogen-bond donors (Lipinski definition) is 1. The standard InChI is InChI=1S/C12H13FN2/c13-10-5-6-12(9(7-10)8-14)15-11-3-1-2-4-11/h5-7,11,15H,1-4H2. The summed E-state index contributed by atoms with van der Waals surface area (Å²) in [6.45, 7) is 0. The van der Waals surface area contributed by atoms with E-state index in [4.69, 9.17) is 5.26 Å². The van der Waals surface area contributed by atoms with Gasteiger partial charge in [-0.1, -0.05) is 12.8 Å². The third kappa shape index (κ3) is 2.27. The molecule has 2 nitrogen and oxygen atoms in total. The Morgan fingerprint density at radius 2 is 2.07 bits per heavy atom. The lowest BCUT2D eigenvalue weighted by Crippen LogP contribution is -2.15. The minimum absolute atomic E-state index is 0.358. The molecular weight excluding hydrogens is 191 g/mol. The van der Waals surface area contributed by atoms with E-state index in [0.29, 0.717) is 11.6 Å². The zero-order valence-corrected chi connectivity index (χ0v) is 8.46. The third-order valence-electron chi connectivity index (χ3n) is 2.82. The van der Waals surface area contributed by atoms with Crippen LogP contribution in [0.25, 0.3) is 0 Å². The molecule has 0 heterocycles. The van der Waals surface area contributed by atoms with Gasteiger partial charge in [-0.3, -0.25) is 0 Å². The Labute approximate surface area is 88.7 Å². The Kier molecular flexibility index (Phi) is 2.86. The Bertz CT molecular complexity index is 389. The quantitative estimate of drug-likeness (QED) is 0.803. The predicted octanol–water partition coefficient (Wildman–Crippen LogP) is 3.05. The summed E-state index contributed by atoms with van der Waals surface area (Å²) in [6, 6.07) is 6.76. The molecule has 0 saturated heterocycles. The van der Waals surface area contributed by atoms with Crippen molar-refractivity contribution in [2.75, 3.05) is 5.32 Å². The summed E-state index contributed by atoms with van der Waals surface area (Å²) in [6.07, 6.45) is 4.76. The molecule has 1 saturated carbocycles. The molecule has 1 aliphatic rings. The molecule has 0 bridgehead atoms. The van der Waals surface area contributed by atoms with Crippen LogP contribution in [-0.4, -0.2) is 6.04 Å². The van der Waals surface area contributed by atoms with Crippen LogP contribution >= 0.6 is 0 Å². The summed E-state index contributed by atoms with van der Waals surface area (Å²) in [5, 5.41) is 12.2. The minimum atomic E-state index is -0.358. The molecule has 1 fully saturated rings. The average molecular weight is 204 g/mol. The zero-order chi connectivity index (χ0) is 10.7. The second-order valence-electron chi connectivity index (χ2n) is 3.93. The van der Waals surface area contributed by atoms with Crippen LogP contribution in [0.1, 0.15) is 31.2 Å². The molecule has 0 radical (unpaired) electrons. The van der Waals surface area contributed by atoms with E-state index in [9.17, 15) is 4.39 Å². The van der Waals surface area contributed by atoms with Gasteiger partial charge in [-0.2, -0.15) is 5.26 Å². The van der Waals surface area contributed by atoms with Gasteiger partial charge in [-0.15, -0.1) is 0 Å². The summed E-state index contributed by atoms with van der Waals surface area (Å²) in [4.78, 5) is 0. The molecule has 1 N–H and O–H groups in total. The summed E-state index contributed by atoms with van der Waals surface area (Å²) in [5.74, 6) is -0.358. The Hall–Kier alpha value is -1.56. The summed E-state index contributed by atoms with van der Waals surface area (Å²) in [5.41, 5.74) is 1.15. The summed E-state index contributed by atoms with van der Waals surface area (Å²) < 4.78 is 12.9. The first-order valence-corrected chi connectivity index (χ1v) is 5.26. The van der Waals surface area contributed by atoms with Crippen molar-refractivity contribution in [3.05, 3.63) is 29.6 Å². The van der Waals surface area contributed by atoms with Crippen molar-refractivity contribution in [2.24, 2.45) is 0 Å². The lowest BCUT2D eigenvalue weighted by atomic mass is 10.1. The SMILES string of the molecule is N#Cc1cc(F)ccc1NC1CCCC1. The highest BCUT2D eigenvalue weighted by Crippen LogP contribution is 2.24. The number of benzene rings is 1. The van der Waals surface area contributed by atoms with Crippen molar-refractivity contribution in [3.63, 3.8) is 0 Å². The fraction of sp³-hybridized carbons (Fsp3) is 0.417. The molecule has 0 amide bonds. The first kappa shape index (κ1) is 9.97. The van der Waals surface area contributed by atoms with E-state index in [1.54, 1.807) is 6.07 Å². The molecule has 1 aromatic carbocycles. The van der Waals surface area contributed by atoms with Gasteiger partial charge in [0.25, 0.3) is 0 Å². The van der Waals surface area contributed by atoms with Crippen LogP contribution in [0, 0.1) is 17.1 Å². The molecule has 15 heavy (non-hydrogen) atoms. The van der Waals surface area contributed by atoms with E-state index in [2.05, 4.69) is 5.32 Å². The maximum Gasteiger partial charge on any atom is 0.124 e. The van der Waals surface area contributed by atoms with E-state index < -0.39 is 0 Å². The monoisotopic (exact) mass is 204 g/mol.